The molecule has 0 radical (unpaired) electrons. The van der Waals surface area contributed by atoms with Crippen LogP contribution >= 0.6 is 0 Å². The van der Waals surface area contributed by atoms with Crippen molar-refractivity contribution >= 4 is 0 Å². The summed E-state index contributed by atoms with van der Waals surface area (Å²) in [5.41, 5.74) is 0. The highest BCUT2D eigenvalue weighted by molar-refractivity contribution is 5.06. The molecule has 4 heteroatoms. The second kappa shape index (κ2) is 16.8. The minimum absolute atomic E-state index is 0.0324. The van der Waals surface area contributed by atoms with E-state index < -0.39 is 0 Å². The first-order chi connectivity index (χ1) is 10.8. The van der Waals surface area contributed by atoms with E-state index in [1.165, 1.54) is 12.8 Å². The fourth-order valence-corrected chi connectivity index (χ4v) is 2.15. The van der Waals surface area contributed by atoms with E-state index in [9.17, 15) is 0 Å². The average molecular weight is 314 g/mol. The lowest BCUT2D eigenvalue weighted by Gasteiger charge is -2.15. The highest BCUT2D eigenvalue weighted by Gasteiger charge is 2.08. The SMILES string of the molecule is CCCCCC(C#CCC(CCCC)OCCO)OCCO. The Kier molecular flexibility index (Phi) is 16.3. The van der Waals surface area contributed by atoms with Crippen molar-refractivity contribution in [3.8, 4) is 11.8 Å². The van der Waals surface area contributed by atoms with Crippen LogP contribution in [0.1, 0.15) is 65.2 Å². The maximum absolute atomic E-state index is 8.88. The highest BCUT2D eigenvalue weighted by atomic mass is 16.5. The summed E-state index contributed by atoms with van der Waals surface area (Å²) in [6, 6.07) is 0. The Balaban J connectivity index is 4.29. The Morgan fingerprint density at radius 1 is 0.864 bits per heavy atom. The molecule has 4 nitrogen and oxygen atoms in total. The molecule has 2 N–H and O–H groups in total. The normalized spacial score (nSPS) is 13.5. The van der Waals surface area contributed by atoms with Gasteiger partial charge in [0.1, 0.15) is 6.10 Å². The molecule has 0 rings (SSSR count). The maximum atomic E-state index is 8.88. The average Bonchev–Trinajstić information content (AvgIpc) is 2.54. The molecular weight excluding hydrogens is 280 g/mol. The number of aliphatic hydroxyl groups excluding tert-OH is 2. The van der Waals surface area contributed by atoms with E-state index in [0.29, 0.717) is 19.6 Å². The van der Waals surface area contributed by atoms with Crippen LogP contribution in [0.3, 0.4) is 0 Å². The van der Waals surface area contributed by atoms with Gasteiger partial charge in [0, 0.05) is 6.42 Å². The van der Waals surface area contributed by atoms with Gasteiger partial charge in [-0.25, -0.2) is 0 Å². The first-order valence-electron chi connectivity index (χ1n) is 8.71. The van der Waals surface area contributed by atoms with Crippen molar-refractivity contribution in [3.63, 3.8) is 0 Å². The van der Waals surface area contributed by atoms with E-state index in [0.717, 1.165) is 32.1 Å². The Labute approximate surface area is 136 Å². The molecule has 0 aromatic carbocycles. The van der Waals surface area contributed by atoms with Gasteiger partial charge in [0.05, 0.1) is 32.5 Å². The molecule has 0 aromatic heterocycles. The molecule has 0 aliphatic carbocycles. The first-order valence-corrected chi connectivity index (χ1v) is 8.71. The van der Waals surface area contributed by atoms with Gasteiger partial charge in [-0.15, -0.1) is 0 Å². The molecule has 2 unspecified atom stereocenters. The van der Waals surface area contributed by atoms with Gasteiger partial charge < -0.3 is 19.7 Å². The summed E-state index contributed by atoms with van der Waals surface area (Å²) in [6.45, 7) is 5.12. The summed E-state index contributed by atoms with van der Waals surface area (Å²) < 4.78 is 11.2. The summed E-state index contributed by atoms with van der Waals surface area (Å²) in [6.07, 6.45) is 8.25. The molecule has 0 heterocycles. The third-order valence-electron chi connectivity index (χ3n) is 3.40. The van der Waals surface area contributed by atoms with Gasteiger partial charge in [0.15, 0.2) is 0 Å². The highest BCUT2D eigenvalue weighted by Crippen LogP contribution is 2.10. The molecule has 130 valence electrons. The third-order valence-corrected chi connectivity index (χ3v) is 3.40. The fourth-order valence-electron chi connectivity index (χ4n) is 2.15. The number of hydrogen-bond acceptors (Lipinski definition) is 4. The van der Waals surface area contributed by atoms with Gasteiger partial charge in [-0.1, -0.05) is 51.4 Å². The maximum Gasteiger partial charge on any atom is 0.118 e. The molecular formula is C18H34O4. The van der Waals surface area contributed by atoms with E-state index in [1.54, 1.807) is 0 Å². The van der Waals surface area contributed by atoms with Crippen LogP contribution in [0.2, 0.25) is 0 Å². The van der Waals surface area contributed by atoms with Crippen LogP contribution < -0.4 is 0 Å². The van der Waals surface area contributed by atoms with Gasteiger partial charge in [-0.2, -0.15) is 0 Å². The predicted molar refractivity (Wildman–Crippen MR) is 89.7 cm³/mol. The van der Waals surface area contributed by atoms with Crippen molar-refractivity contribution in [2.24, 2.45) is 0 Å². The number of aliphatic hydroxyl groups is 2. The van der Waals surface area contributed by atoms with Crippen LogP contribution in [0.25, 0.3) is 0 Å². The number of hydrogen-bond donors (Lipinski definition) is 2. The molecule has 0 fully saturated rings. The topological polar surface area (TPSA) is 58.9 Å². The molecule has 0 bridgehead atoms. The minimum Gasteiger partial charge on any atom is -0.394 e. The van der Waals surface area contributed by atoms with Crippen LogP contribution in [-0.2, 0) is 9.47 Å². The Hall–Kier alpha value is -0.600. The molecule has 2 atom stereocenters. The van der Waals surface area contributed by atoms with Crippen molar-refractivity contribution < 1.29 is 19.7 Å². The lowest BCUT2D eigenvalue weighted by Crippen LogP contribution is -2.16. The molecule has 0 aliphatic rings. The van der Waals surface area contributed by atoms with Crippen LogP contribution in [0.4, 0.5) is 0 Å². The zero-order valence-electron chi connectivity index (χ0n) is 14.4. The van der Waals surface area contributed by atoms with E-state index in [-0.39, 0.29) is 25.4 Å². The van der Waals surface area contributed by atoms with Crippen molar-refractivity contribution in [2.45, 2.75) is 77.4 Å². The molecule has 0 spiro atoms. The summed E-state index contributed by atoms with van der Waals surface area (Å²) in [5.74, 6) is 6.35. The Morgan fingerprint density at radius 3 is 2.18 bits per heavy atom. The third kappa shape index (κ3) is 13.1. The first kappa shape index (κ1) is 21.4. The zero-order chi connectivity index (χ0) is 16.5. The van der Waals surface area contributed by atoms with Crippen LogP contribution in [0.5, 0.6) is 0 Å². The number of unbranched alkanes of at least 4 members (excludes halogenated alkanes) is 3. The Morgan fingerprint density at radius 2 is 1.55 bits per heavy atom. The molecule has 0 aromatic rings. The molecule has 0 saturated heterocycles. The summed E-state index contributed by atoms with van der Waals surface area (Å²) >= 11 is 0. The zero-order valence-corrected chi connectivity index (χ0v) is 14.4. The fraction of sp³-hybridized carbons (Fsp3) is 0.889. The Bertz CT molecular complexity index is 275. The van der Waals surface area contributed by atoms with Gasteiger partial charge in [-0.3, -0.25) is 0 Å². The predicted octanol–water partition coefficient (Wildman–Crippen LogP) is 2.91. The van der Waals surface area contributed by atoms with Gasteiger partial charge in [0.2, 0.25) is 0 Å². The summed E-state index contributed by atoms with van der Waals surface area (Å²) in [7, 11) is 0. The van der Waals surface area contributed by atoms with E-state index in [2.05, 4.69) is 25.7 Å². The van der Waals surface area contributed by atoms with Crippen LogP contribution in [-0.4, -0.2) is 48.8 Å². The summed E-state index contributed by atoms with van der Waals surface area (Å²) in [4.78, 5) is 0. The van der Waals surface area contributed by atoms with Crippen LogP contribution in [0, 0.1) is 11.8 Å². The minimum atomic E-state index is -0.0941. The van der Waals surface area contributed by atoms with Crippen molar-refractivity contribution in [1.82, 2.24) is 0 Å². The monoisotopic (exact) mass is 314 g/mol. The van der Waals surface area contributed by atoms with Gasteiger partial charge in [0.25, 0.3) is 0 Å². The standard InChI is InChI=1S/C18H34O4/c1-3-5-7-10-18(22-16-14-20)12-8-11-17(9-6-4-2)21-15-13-19/h17-20H,3-7,9-11,13-16H2,1-2H3. The smallest absolute Gasteiger partial charge is 0.118 e. The van der Waals surface area contributed by atoms with Gasteiger partial charge >= 0.3 is 0 Å². The second-order valence-corrected chi connectivity index (χ2v) is 5.46. The van der Waals surface area contributed by atoms with E-state index in [1.807, 2.05) is 0 Å². The van der Waals surface area contributed by atoms with Gasteiger partial charge in [-0.05, 0) is 19.3 Å². The molecule has 22 heavy (non-hydrogen) atoms. The lowest BCUT2D eigenvalue weighted by molar-refractivity contribution is 0.0257. The quantitative estimate of drug-likeness (QED) is 0.382. The van der Waals surface area contributed by atoms with Crippen LogP contribution in [0.15, 0.2) is 0 Å². The lowest BCUT2D eigenvalue weighted by atomic mass is 10.1. The van der Waals surface area contributed by atoms with Crippen molar-refractivity contribution in [1.29, 1.82) is 0 Å². The number of ether oxygens (including phenoxy) is 2. The second-order valence-electron chi connectivity index (χ2n) is 5.46. The largest absolute Gasteiger partial charge is 0.394 e. The van der Waals surface area contributed by atoms with Crippen molar-refractivity contribution in [2.75, 3.05) is 26.4 Å². The van der Waals surface area contributed by atoms with E-state index >= 15 is 0 Å². The van der Waals surface area contributed by atoms with E-state index in [4.69, 9.17) is 19.7 Å². The molecule has 0 amide bonds. The molecule has 0 saturated carbocycles. The molecule has 0 aliphatic heterocycles. The summed E-state index contributed by atoms with van der Waals surface area (Å²) in [5, 5.41) is 17.7. The van der Waals surface area contributed by atoms with Crippen molar-refractivity contribution in [3.05, 3.63) is 0 Å². The number of rotatable bonds is 14.